The van der Waals surface area contributed by atoms with E-state index in [0.717, 1.165) is 45.3 Å². The Labute approximate surface area is 183 Å². The maximum atomic E-state index is 12.8. The number of likely N-dealkylation sites (tertiary alicyclic amines) is 1. The van der Waals surface area contributed by atoms with Gasteiger partial charge < -0.3 is 10.2 Å². The SMILES string of the molecule is O=C(NC1CCCC12CCN(CCc1ccccc1)CC2)c1ccc(Cl)c(Cl)c1. The summed E-state index contributed by atoms with van der Waals surface area (Å²) in [7, 11) is 0. The summed E-state index contributed by atoms with van der Waals surface area (Å²) >= 11 is 12.1. The summed E-state index contributed by atoms with van der Waals surface area (Å²) in [5, 5.41) is 4.21. The van der Waals surface area contributed by atoms with E-state index in [9.17, 15) is 4.79 Å². The molecule has 2 aliphatic rings. The molecule has 0 aromatic heterocycles. The summed E-state index contributed by atoms with van der Waals surface area (Å²) in [6.07, 6.45) is 6.90. The van der Waals surface area contributed by atoms with Gasteiger partial charge in [0, 0.05) is 18.2 Å². The number of carbonyl (C=O) groups is 1. The van der Waals surface area contributed by atoms with Crippen LogP contribution in [-0.4, -0.2) is 36.5 Å². The molecule has 1 saturated heterocycles. The Morgan fingerprint density at radius 3 is 2.52 bits per heavy atom. The van der Waals surface area contributed by atoms with Gasteiger partial charge >= 0.3 is 0 Å². The lowest BCUT2D eigenvalue weighted by atomic mass is 9.74. The molecule has 2 aromatic carbocycles. The second-order valence-corrected chi connectivity index (χ2v) is 9.30. The van der Waals surface area contributed by atoms with Crippen molar-refractivity contribution in [2.24, 2.45) is 5.41 Å². The van der Waals surface area contributed by atoms with Crippen LogP contribution in [-0.2, 0) is 6.42 Å². The van der Waals surface area contributed by atoms with Crippen molar-refractivity contribution in [3.63, 3.8) is 0 Å². The van der Waals surface area contributed by atoms with Crippen LogP contribution in [0.2, 0.25) is 10.0 Å². The van der Waals surface area contributed by atoms with Gasteiger partial charge in [0.1, 0.15) is 0 Å². The molecule has 2 fully saturated rings. The summed E-state index contributed by atoms with van der Waals surface area (Å²) in [5.74, 6) is -0.0404. The molecular formula is C24H28Cl2N2O. The third-order valence-corrected chi connectivity index (χ3v) is 7.54. The highest BCUT2D eigenvalue weighted by atomic mass is 35.5. The van der Waals surface area contributed by atoms with E-state index < -0.39 is 0 Å². The first-order valence-corrected chi connectivity index (χ1v) is 11.3. The lowest BCUT2D eigenvalue weighted by Crippen LogP contribution is -2.50. The standard InChI is InChI=1S/C24H28Cl2N2O/c25-20-9-8-19(17-21(20)26)23(29)27-22-7-4-11-24(22)12-15-28(16-13-24)14-10-18-5-2-1-3-6-18/h1-3,5-6,8-9,17,22H,4,7,10-16H2,(H,27,29). The molecule has 5 heteroatoms. The number of nitrogens with one attached hydrogen (secondary N) is 1. The number of benzene rings is 2. The maximum Gasteiger partial charge on any atom is 0.251 e. The van der Waals surface area contributed by atoms with E-state index in [1.54, 1.807) is 18.2 Å². The Morgan fingerprint density at radius 2 is 1.79 bits per heavy atom. The first-order chi connectivity index (χ1) is 14.1. The molecule has 154 valence electrons. The molecule has 1 spiro atoms. The Balaban J connectivity index is 1.33. The highest BCUT2D eigenvalue weighted by molar-refractivity contribution is 6.42. The molecule has 4 rings (SSSR count). The fourth-order valence-electron chi connectivity index (χ4n) is 5.00. The highest BCUT2D eigenvalue weighted by Gasteiger charge is 2.45. The largest absolute Gasteiger partial charge is 0.349 e. The molecule has 1 aliphatic carbocycles. The average Bonchev–Trinajstić information content (AvgIpc) is 3.12. The number of amides is 1. The van der Waals surface area contributed by atoms with Crippen molar-refractivity contribution < 1.29 is 4.79 Å². The number of rotatable bonds is 5. The molecule has 1 N–H and O–H groups in total. The molecule has 1 atom stereocenters. The van der Waals surface area contributed by atoms with E-state index >= 15 is 0 Å². The van der Waals surface area contributed by atoms with E-state index in [0.29, 0.717) is 15.6 Å². The average molecular weight is 431 g/mol. The van der Waals surface area contributed by atoms with E-state index in [-0.39, 0.29) is 17.4 Å². The zero-order valence-electron chi connectivity index (χ0n) is 16.7. The molecule has 0 radical (unpaired) electrons. The third kappa shape index (κ3) is 4.79. The van der Waals surface area contributed by atoms with E-state index in [1.807, 2.05) is 0 Å². The number of hydrogen-bond donors (Lipinski definition) is 1. The molecule has 1 amide bonds. The van der Waals surface area contributed by atoms with E-state index in [4.69, 9.17) is 23.2 Å². The fraction of sp³-hybridized carbons (Fsp3) is 0.458. The molecule has 1 unspecified atom stereocenters. The number of piperidine rings is 1. The fourth-order valence-corrected chi connectivity index (χ4v) is 5.29. The zero-order chi connectivity index (χ0) is 20.3. The van der Waals surface area contributed by atoms with Crippen molar-refractivity contribution >= 4 is 29.1 Å². The Hall–Kier alpha value is -1.55. The van der Waals surface area contributed by atoms with Crippen molar-refractivity contribution in [2.75, 3.05) is 19.6 Å². The maximum absolute atomic E-state index is 12.8. The monoisotopic (exact) mass is 430 g/mol. The van der Waals surface area contributed by atoms with Crippen molar-refractivity contribution in [1.82, 2.24) is 10.2 Å². The number of nitrogens with zero attached hydrogens (tertiary/aromatic N) is 1. The normalized spacial score (nSPS) is 21.4. The molecule has 1 aliphatic heterocycles. The van der Waals surface area contributed by atoms with Gasteiger partial charge in [-0.05, 0) is 74.4 Å². The van der Waals surface area contributed by atoms with Crippen LogP contribution in [0.1, 0.15) is 48.0 Å². The molecular weight excluding hydrogens is 403 g/mol. The predicted molar refractivity (Wildman–Crippen MR) is 120 cm³/mol. The molecule has 2 aromatic rings. The summed E-state index contributed by atoms with van der Waals surface area (Å²) in [4.78, 5) is 15.4. The predicted octanol–water partition coefficient (Wildman–Crippen LogP) is 5.60. The van der Waals surface area contributed by atoms with E-state index in [1.165, 1.54) is 18.4 Å². The van der Waals surface area contributed by atoms with Crippen LogP contribution in [0.25, 0.3) is 0 Å². The lowest BCUT2D eigenvalue weighted by molar-refractivity contribution is 0.0710. The van der Waals surface area contributed by atoms with Gasteiger partial charge in [0.25, 0.3) is 5.91 Å². The van der Waals surface area contributed by atoms with Crippen molar-refractivity contribution in [3.05, 3.63) is 69.7 Å². The van der Waals surface area contributed by atoms with Crippen LogP contribution in [0.4, 0.5) is 0 Å². The minimum atomic E-state index is -0.0404. The van der Waals surface area contributed by atoms with Crippen LogP contribution in [0.5, 0.6) is 0 Å². The van der Waals surface area contributed by atoms with Gasteiger partial charge in [0.05, 0.1) is 10.0 Å². The van der Waals surface area contributed by atoms with Gasteiger partial charge in [-0.15, -0.1) is 0 Å². The molecule has 0 bridgehead atoms. The van der Waals surface area contributed by atoms with E-state index in [2.05, 4.69) is 40.5 Å². The van der Waals surface area contributed by atoms with Crippen molar-refractivity contribution in [1.29, 1.82) is 0 Å². The van der Waals surface area contributed by atoms with Crippen LogP contribution in [0.15, 0.2) is 48.5 Å². The van der Waals surface area contributed by atoms with Gasteiger partial charge in [-0.1, -0.05) is 60.0 Å². The zero-order valence-corrected chi connectivity index (χ0v) is 18.2. The smallest absolute Gasteiger partial charge is 0.251 e. The van der Waals surface area contributed by atoms with Gasteiger partial charge in [-0.3, -0.25) is 4.79 Å². The van der Waals surface area contributed by atoms with Crippen LogP contribution in [0, 0.1) is 5.41 Å². The van der Waals surface area contributed by atoms with Crippen LogP contribution in [0.3, 0.4) is 0 Å². The summed E-state index contributed by atoms with van der Waals surface area (Å²) in [6.45, 7) is 3.35. The highest BCUT2D eigenvalue weighted by Crippen LogP contribution is 2.46. The van der Waals surface area contributed by atoms with Gasteiger partial charge in [-0.2, -0.15) is 0 Å². The van der Waals surface area contributed by atoms with Crippen molar-refractivity contribution in [2.45, 2.75) is 44.6 Å². The van der Waals surface area contributed by atoms with Crippen LogP contribution < -0.4 is 5.32 Å². The first kappa shape index (κ1) is 20.7. The van der Waals surface area contributed by atoms with Crippen molar-refractivity contribution in [3.8, 4) is 0 Å². The first-order valence-electron chi connectivity index (χ1n) is 10.6. The Morgan fingerprint density at radius 1 is 1.03 bits per heavy atom. The lowest BCUT2D eigenvalue weighted by Gasteiger charge is -2.43. The summed E-state index contributed by atoms with van der Waals surface area (Å²) < 4.78 is 0. The number of hydrogen-bond acceptors (Lipinski definition) is 2. The topological polar surface area (TPSA) is 32.3 Å². The number of halogens is 2. The van der Waals surface area contributed by atoms with Gasteiger partial charge in [0.15, 0.2) is 0 Å². The molecule has 3 nitrogen and oxygen atoms in total. The van der Waals surface area contributed by atoms with Gasteiger partial charge in [-0.25, -0.2) is 0 Å². The van der Waals surface area contributed by atoms with Crippen LogP contribution >= 0.6 is 23.2 Å². The Kier molecular flexibility index (Phi) is 6.48. The molecule has 1 heterocycles. The van der Waals surface area contributed by atoms with Gasteiger partial charge in [0.2, 0.25) is 0 Å². The molecule has 1 saturated carbocycles. The minimum Gasteiger partial charge on any atom is -0.349 e. The molecule has 29 heavy (non-hydrogen) atoms. The second kappa shape index (κ2) is 9.07. The number of carbonyl (C=O) groups excluding carboxylic acids is 1. The summed E-state index contributed by atoms with van der Waals surface area (Å²) in [5.41, 5.74) is 2.23. The third-order valence-electron chi connectivity index (χ3n) is 6.81. The summed E-state index contributed by atoms with van der Waals surface area (Å²) in [6, 6.07) is 16.1. The Bertz CT molecular complexity index is 847. The second-order valence-electron chi connectivity index (χ2n) is 8.49. The quantitative estimate of drug-likeness (QED) is 0.668. The minimum absolute atomic E-state index is 0.0404.